The highest BCUT2D eigenvalue weighted by atomic mass is 16.7. The summed E-state index contributed by atoms with van der Waals surface area (Å²) in [7, 11) is 0. The third kappa shape index (κ3) is 4.93. The van der Waals surface area contributed by atoms with Gasteiger partial charge in [0.05, 0.1) is 0 Å². The molecule has 2 rings (SSSR count). The monoisotopic (exact) mass is 312 g/mol. The van der Waals surface area contributed by atoms with Crippen LogP contribution in [-0.2, 0) is 11.2 Å². The zero-order chi connectivity index (χ0) is 16.7. The first-order valence-corrected chi connectivity index (χ1v) is 8.16. The summed E-state index contributed by atoms with van der Waals surface area (Å²) in [5, 5.41) is 0. The van der Waals surface area contributed by atoms with Crippen molar-refractivity contribution in [2.45, 2.75) is 39.9 Å². The topological polar surface area (TPSA) is 35.5 Å². The van der Waals surface area contributed by atoms with E-state index in [1.807, 2.05) is 38.1 Å². The minimum absolute atomic E-state index is 0.0254. The van der Waals surface area contributed by atoms with Gasteiger partial charge < -0.3 is 9.47 Å². The van der Waals surface area contributed by atoms with E-state index in [-0.39, 0.29) is 12.1 Å². The number of benzene rings is 2. The summed E-state index contributed by atoms with van der Waals surface area (Å²) in [6, 6.07) is 15.0. The number of hydrogen-bond donors (Lipinski definition) is 0. The van der Waals surface area contributed by atoms with E-state index in [0.29, 0.717) is 23.5 Å². The van der Waals surface area contributed by atoms with Gasteiger partial charge >= 0.3 is 0 Å². The van der Waals surface area contributed by atoms with Gasteiger partial charge in [0.2, 0.25) is 0 Å². The zero-order valence-corrected chi connectivity index (χ0v) is 14.0. The van der Waals surface area contributed by atoms with E-state index in [0.717, 1.165) is 12.8 Å². The molecule has 23 heavy (non-hydrogen) atoms. The molecule has 3 nitrogen and oxygen atoms in total. The van der Waals surface area contributed by atoms with Gasteiger partial charge in [0.1, 0.15) is 5.75 Å². The number of aryl methyl sites for hydroxylation is 1. The van der Waals surface area contributed by atoms with Crippen molar-refractivity contribution >= 4 is 5.78 Å². The lowest BCUT2D eigenvalue weighted by atomic mass is 10.0. The minimum atomic E-state index is -0.298. The van der Waals surface area contributed by atoms with Crippen LogP contribution in [0.25, 0.3) is 0 Å². The largest absolute Gasteiger partial charge is 0.465 e. The average Bonchev–Trinajstić information content (AvgIpc) is 2.56. The Hall–Kier alpha value is -2.13. The Morgan fingerprint density at radius 1 is 0.957 bits per heavy atom. The Balaban J connectivity index is 2.04. The van der Waals surface area contributed by atoms with E-state index < -0.39 is 0 Å². The van der Waals surface area contributed by atoms with E-state index in [9.17, 15) is 4.79 Å². The Morgan fingerprint density at radius 3 is 2.04 bits per heavy atom. The summed E-state index contributed by atoms with van der Waals surface area (Å²) in [6.45, 7) is 6.52. The molecule has 0 radical (unpaired) electrons. The van der Waals surface area contributed by atoms with Crippen molar-refractivity contribution in [2.24, 2.45) is 0 Å². The van der Waals surface area contributed by atoms with Crippen LogP contribution in [0.4, 0.5) is 0 Å². The predicted molar refractivity (Wildman–Crippen MR) is 92.0 cm³/mol. The van der Waals surface area contributed by atoms with Gasteiger partial charge in [-0.15, -0.1) is 0 Å². The average molecular weight is 312 g/mol. The quantitative estimate of drug-likeness (QED) is 0.526. The van der Waals surface area contributed by atoms with Crippen molar-refractivity contribution < 1.29 is 14.3 Å². The Labute approximate surface area is 138 Å². The molecule has 0 saturated heterocycles. The highest BCUT2D eigenvalue weighted by Gasteiger charge is 2.10. The highest BCUT2D eigenvalue weighted by Crippen LogP contribution is 2.17. The highest BCUT2D eigenvalue weighted by molar-refractivity contribution is 6.09. The Kier molecular flexibility index (Phi) is 6.36. The van der Waals surface area contributed by atoms with E-state index in [1.165, 1.54) is 5.56 Å². The summed E-state index contributed by atoms with van der Waals surface area (Å²) >= 11 is 0. The summed E-state index contributed by atoms with van der Waals surface area (Å²) in [4.78, 5) is 12.5. The SMILES string of the molecule is CCCc1ccc(C(=O)c2ccc(OC(C)OCC)cc2)cc1. The molecule has 0 fully saturated rings. The smallest absolute Gasteiger partial charge is 0.196 e. The molecule has 2 aromatic carbocycles. The van der Waals surface area contributed by atoms with Crippen LogP contribution < -0.4 is 4.74 Å². The lowest BCUT2D eigenvalue weighted by molar-refractivity contribution is -0.0613. The lowest BCUT2D eigenvalue weighted by Crippen LogP contribution is -2.15. The van der Waals surface area contributed by atoms with Gasteiger partial charge in [-0.1, -0.05) is 37.6 Å². The maximum absolute atomic E-state index is 12.5. The number of carbonyl (C=O) groups excluding carboxylic acids is 1. The molecule has 2 aromatic rings. The second-order valence-corrected chi connectivity index (χ2v) is 5.44. The molecule has 0 aliphatic rings. The molecule has 1 atom stereocenters. The first-order chi connectivity index (χ1) is 11.1. The van der Waals surface area contributed by atoms with Crippen LogP contribution in [0.2, 0.25) is 0 Å². The van der Waals surface area contributed by atoms with Crippen molar-refractivity contribution in [3.05, 3.63) is 65.2 Å². The Morgan fingerprint density at radius 2 is 1.52 bits per heavy atom. The van der Waals surface area contributed by atoms with Crippen molar-refractivity contribution in [1.29, 1.82) is 0 Å². The van der Waals surface area contributed by atoms with E-state index in [2.05, 4.69) is 6.92 Å². The molecule has 0 saturated carbocycles. The summed E-state index contributed by atoms with van der Waals surface area (Å²) in [5.41, 5.74) is 2.63. The first kappa shape index (κ1) is 17.2. The molecule has 122 valence electrons. The predicted octanol–water partition coefficient (Wildman–Crippen LogP) is 4.63. The molecule has 3 heteroatoms. The van der Waals surface area contributed by atoms with Crippen LogP contribution in [0.15, 0.2) is 48.5 Å². The van der Waals surface area contributed by atoms with Gasteiger partial charge in [0, 0.05) is 17.7 Å². The fraction of sp³-hybridized carbons (Fsp3) is 0.350. The van der Waals surface area contributed by atoms with Crippen LogP contribution in [0.3, 0.4) is 0 Å². The second-order valence-electron chi connectivity index (χ2n) is 5.44. The molecule has 1 unspecified atom stereocenters. The van der Waals surface area contributed by atoms with E-state index >= 15 is 0 Å². The van der Waals surface area contributed by atoms with Gasteiger partial charge in [-0.2, -0.15) is 0 Å². The standard InChI is InChI=1S/C20H24O3/c1-4-6-16-7-9-17(10-8-16)20(21)18-11-13-19(14-12-18)23-15(3)22-5-2/h7-15H,4-6H2,1-3H3. The van der Waals surface area contributed by atoms with Gasteiger partial charge in [0.25, 0.3) is 0 Å². The molecule has 0 amide bonds. The van der Waals surface area contributed by atoms with Gasteiger partial charge in [-0.3, -0.25) is 4.79 Å². The maximum Gasteiger partial charge on any atom is 0.196 e. The number of carbonyl (C=O) groups is 1. The molecule has 0 bridgehead atoms. The zero-order valence-electron chi connectivity index (χ0n) is 14.0. The van der Waals surface area contributed by atoms with Gasteiger partial charge in [0.15, 0.2) is 12.1 Å². The maximum atomic E-state index is 12.5. The van der Waals surface area contributed by atoms with E-state index in [4.69, 9.17) is 9.47 Å². The summed E-state index contributed by atoms with van der Waals surface area (Å²) in [6.07, 6.45) is 1.85. The fourth-order valence-electron chi connectivity index (χ4n) is 2.42. The van der Waals surface area contributed by atoms with Crippen LogP contribution in [0.5, 0.6) is 5.75 Å². The molecular weight excluding hydrogens is 288 g/mol. The second kappa shape index (κ2) is 8.49. The molecule has 0 aromatic heterocycles. The van der Waals surface area contributed by atoms with Crippen LogP contribution in [-0.4, -0.2) is 18.7 Å². The lowest BCUT2D eigenvalue weighted by Gasteiger charge is -2.14. The third-order valence-electron chi connectivity index (χ3n) is 3.57. The summed E-state index contributed by atoms with van der Waals surface area (Å²) < 4.78 is 10.9. The minimum Gasteiger partial charge on any atom is -0.465 e. The number of hydrogen-bond acceptors (Lipinski definition) is 3. The van der Waals surface area contributed by atoms with Gasteiger partial charge in [-0.05, 0) is 50.1 Å². The van der Waals surface area contributed by atoms with Crippen molar-refractivity contribution in [3.63, 3.8) is 0 Å². The fourth-order valence-corrected chi connectivity index (χ4v) is 2.42. The normalized spacial score (nSPS) is 12.0. The van der Waals surface area contributed by atoms with Crippen LogP contribution in [0.1, 0.15) is 48.7 Å². The number of ether oxygens (including phenoxy) is 2. The molecule has 0 aliphatic carbocycles. The van der Waals surface area contributed by atoms with Crippen LogP contribution >= 0.6 is 0 Å². The van der Waals surface area contributed by atoms with Crippen molar-refractivity contribution in [3.8, 4) is 5.75 Å². The summed E-state index contributed by atoms with van der Waals surface area (Å²) in [5.74, 6) is 0.721. The number of rotatable bonds is 8. The number of ketones is 1. The van der Waals surface area contributed by atoms with Crippen molar-refractivity contribution in [2.75, 3.05) is 6.61 Å². The molecule has 0 spiro atoms. The molecular formula is C20H24O3. The molecule has 0 aliphatic heterocycles. The van der Waals surface area contributed by atoms with Crippen LogP contribution in [0, 0.1) is 0 Å². The van der Waals surface area contributed by atoms with Crippen molar-refractivity contribution in [1.82, 2.24) is 0 Å². The van der Waals surface area contributed by atoms with E-state index in [1.54, 1.807) is 24.3 Å². The third-order valence-corrected chi connectivity index (χ3v) is 3.57. The van der Waals surface area contributed by atoms with Gasteiger partial charge in [-0.25, -0.2) is 0 Å². The molecule has 0 N–H and O–H groups in total. The Bertz CT molecular complexity index is 614. The first-order valence-electron chi connectivity index (χ1n) is 8.16. The molecule has 0 heterocycles.